The Balaban J connectivity index is 2.29. The fourth-order valence-electron chi connectivity index (χ4n) is 1.67. The molecule has 0 saturated carbocycles. The lowest BCUT2D eigenvalue weighted by Gasteiger charge is -2.11. The summed E-state index contributed by atoms with van der Waals surface area (Å²) in [5.41, 5.74) is 3.26. The zero-order valence-electron chi connectivity index (χ0n) is 8.96. The van der Waals surface area contributed by atoms with Crippen molar-refractivity contribution >= 4 is 34.8 Å². The summed E-state index contributed by atoms with van der Waals surface area (Å²) in [5, 5.41) is 0. The number of alkyl halides is 3. The first-order valence-electron chi connectivity index (χ1n) is 5.17. The first-order valence-corrected chi connectivity index (χ1v) is 6.30. The molecule has 0 N–H and O–H groups in total. The lowest BCUT2D eigenvalue weighted by atomic mass is 10.0. The van der Waals surface area contributed by atoms with Crippen LogP contribution in [0.15, 0.2) is 48.5 Å². The smallest absolute Gasteiger partial charge is 0.0833 e. The van der Waals surface area contributed by atoms with Gasteiger partial charge in [0.25, 0.3) is 0 Å². The summed E-state index contributed by atoms with van der Waals surface area (Å²) in [6, 6.07) is 18.8. The summed E-state index contributed by atoms with van der Waals surface area (Å²) in [5.74, 6) is 0. The van der Waals surface area contributed by atoms with Crippen molar-refractivity contribution in [3.63, 3.8) is 0 Å². The average Bonchev–Trinajstić information content (AvgIpc) is 2.28. The SMILES string of the molecule is ClC(Cl)(Cl)Cc1cccc(-c2cc[c]cc2)c1. The number of benzene rings is 2. The van der Waals surface area contributed by atoms with E-state index < -0.39 is 3.79 Å². The molecule has 0 aromatic heterocycles. The topological polar surface area (TPSA) is 0 Å². The quantitative estimate of drug-likeness (QED) is 0.676. The highest BCUT2D eigenvalue weighted by atomic mass is 35.6. The Labute approximate surface area is 116 Å². The first-order chi connectivity index (χ1) is 8.04. The Bertz CT molecular complexity index is 486. The van der Waals surface area contributed by atoms with Crippen molar-refractivity contribution in [1.82, 2.24) is 0 Å². The molecule has 0 nitrogen and oxygen atoms in total. The number of rotatable bonds is 2. The van der Waals surface area contributed by atoms with E-state index in [-0.39, 0.29) is 0 Å². The molecule has 0 aliphatic heterocycles. The zero-order valence-corrected chi connectivity index (χ0v) is 11.2. The van der Waals surface area contributed by atoms with Gasteiger partial charge in [0.1, 0.15) is 0 Å². The molecule has 3 heteroatoms. The van der Waals surface area contributed by atoms with Crippen molar-refractivity contribution in [3.05, 3.63) is 60.2 Å². The molecule has 0 spiro atoms. The molecule has 0 saturated heterocycles. The Morgan fingerprint density at radius 2 is 1.65 bits per heavy atom. The van der Waals surface area contributed by atoms with Gasteiger partial charge in [-0.2, -0.15) is 0 Å². The summed E-state index contributed by atoms with van der Waals surface area (Å²) >= 11 is 17.4. The molecule has 0 aliphatic rings. The van der Waals surface area contributed by atoms with Gasteiger partial charge in [0.2, 0.25) is 0 Å². The zero-order chi connectivity index (χ0) is 12.3. The predicted molar refractivity (Wildman–Crippen MR) is 74.7 cm³/mol. The van der Waals surface area contributed by atoms with Gasteiger partial charge in [-0.15, -0.1) is 0 Å². The van der Waals surface area contributed by atoms with Gasteiger partial charge >= 0.3 is 0 Å². The van der Waals surface area contributed by atoms with E-state index in [2.05, 4.69) is 6.07 Å². The Morgan fingerprint density at radius 3 is 2.29 bits per heavy atom. The highest BCUT2D eigenvalue weighted by molar-refractivity contribution is 6.67. The fourth-order valence-corrected chi connectivity index (χ4v) is 2.13. The molecule has 0 unspecified atom stereocenters. The van der Waals surface area contributed by atoms with Gasteiger partial charge in [-0.1, -0.05) is 83.3 Å². The minimum atomic E-state index is -1.25. The van der Waals surface area contributed by atoms with Crippen molar-refractivity contribution in [1.29, 1.82) is 0 Å². The van der Waals surface area contributed by atoms with Crippen LogP contribution in [0.2, 0.25) is 0 Å². The van der Waals surface area contributed by atoms with Crippen LogP contribution in [0.4, 0.5) is 0 Å². The second-order valence-electron chi connectivity index (χ2n) is 3.78. The van der Waals surface area contributed by atoms with Crippen molar-refractivity contribution in [2.24, 2.45) is 0 Å². The van der Waals surface area contributed by atoms with E-state index in [0.717, 1.165) is 16.7 Å². The Morgan fingerprint density at radius 1 is 0.941 bits per heavy atom. The van der Waals surface area contributed by atoms with Crippen LogP contribution in [0.1, 0.15) is 5.56 Å². The highest BCUT2D eigenvalue weighted by Gasteiger charge is 2.20. The lowest BCUT2D eigenvalue weighted by Crippen LogP contribution is -2.06. The number of hydrogen-bond acceptors (Lipinski definition) is 0. The molecule has 0 atom stereocenters. The van der Waals surface area contributed by atoms with E-state index in [9.17, 15) is 0 Å². The van der Waals surface area contributed by atoms with Crippen molar-refractivity contribution in [3.8, 4) is 11.1 Å². The Kier molecular flexibility index (Phi) is 3.98. The molecule has 1 radical (unpaired) electrons. The number of hydrogen-bond donors (Lipinski definition) is 0. The van der Waals surface area contributed by atoms with Crippen LogP contribution in [-0.2, 0) is 6.42 Å². The first kappa shape index (κ1) is 12.8. The van der Waals surface area contributed by atoms with Gasteiger partial charge in [0.15, 0.2) is 3.79 Å². The monoisotopic (exact) mass is 283 g/mol. The van der Waals surface area contributed by atoms with Gasteiger partial charge in [0.05, 0.1) is 0 Å². The maximum absolute atomic E-state index is 5.79. The van der Waals surface area contributed by atoms with Crippen LogP contribution in [-0.4, -0.2) is 3.79 Å². The molecule has 0 fully saturated rings. The van der Waals surface area contributed by atoms with Crippen LogP contribution >= 0.6 is 34.8 Å². The van der Waals surface area contributed by atoms with E-state index in [1.807, 2.05) is 48.5 Å². The molecular formula is C14H10Cl3. The van der Waals surface area contributed by atoms with E-state index >= 15 is 0 Å². The van der Waals surface area contributed by atoms with Crippen LogP contribution in [0.25, 0.3) is 11.1 Å². The van der Waals surface area contributed by atoms with Gasteiger partial charge < -0.3 is 0 Å². The van der Waals surface area contributed by atoms with E-state index in [1.165, 1.54) is 0 Å². The van der Waals surface area contributed by atoms with Crippen LogP contribution in [0, 0.1) is 6.07 Å². The molecule has 0 heterocycles. The van der Waals surface area contributed by atoms with Crippen LogP contribution in [0.3, 0.4) is 0 Å². The standard InChI is InChI=1S/C14H10Cl3/c15-14(16,17)10-11-5-4-8-13(9-11)12-6-2-1-3-7-12/h2-9H,10H2. The minimum Gasteiger partial charge on any atom is -0.0833 e. The second-order valence-corrected chi connectivity index (χ2v) is 6.30. The molecule has 0 bridgehead atoms. The second kappa shape index (κ2) is 5.30. The maximum atomic E-state index is 5.79. The summed E-state index contributed by atoms with van der Waals surface area (Å²) in [7, 11) is 0. The predicted octanol–water partition coefficient (Wildman–Crippen LogP) is 5.07. The molecule has 2 aromatic carbocycles. The average molecular weight is 285 g/mol. The third-order valence-corrected chi connectivity index (χ3v) is 2.78. The molecule has 2 aromatic rings. The van der Waals surface area contributed by atoms with E-state index in [1.54, 1.807) is 0 Å². The third kappa shape index (κ3) is 3.92. The normalized spacial score (nSPS) is 11.5. The number of halogens is 3. The summed E-state index contributed by atoms with van der Waals surface area (Å²) in [6.07, 6.45) is 0.407. The summed E-state index contributed by atoms with van der Waals surface area (Å²) < 4.78 is -1.25. The molecule has 2 rings (SSSR count). The molecular weight excluding hydrogens is 275 g/mol. The van der Waals surface area contributed by atoms with Crippen molar-refractivity contribution in [2.75, 3.05) is 0 Å². The minimum absolute atomic E-state index is 0.407. The maximum Gasteiger partial charge on any atom is 0.194 e. The summed E-state index contributed by atoms with van der Waals surface area (Å²) in [6.45, 7) is 0. The molecule has 87 valence electrons. The molecule has 0 amide bonds. The van der Waals surface area contributed by atoms with Gasteiger partial charge in [-0.05, 0) is 22.8 Å². The third-order valence-electron chi connectivity index (χ3n) is 2.38. The van der Waals surface area contributed by atoms with Crippen molar-refractivity contribution in [2.45, 2.75) is 10.2 Å². The molecule has 17 heavy (non-hydrogen) atoms. The van der Waals surface area contributed by atoms with Gasteiger partial charge in [-0.25, -0.2) is 0 Å². The van der Waals surface area contributed by atoms with E-state index in [0.29, 0.717) is 6.42 Å². The summed E-state index contributed by atoms with van der Waals surface area (Å²) in [4.78, 5) is 0. The lowest BCUT2D eigenvalue weighted by molar-refractivity contribution is 1.02. The van der Waals surface area contributed by atoms with Crippen LogP contribution in [0.5, 0.6) is 0 Å². The largest absolute Gasteiger partial charge is 0.194 e. The van der Waals surface area contributed by atoms with Crippen molar-refractivity contribution < 1.29 is 0 Å². The molecule has 0 aliphatic carbocycles. The fraction of sp³-hybridized carbons (Fsp3) is 0.143. The Hall–Kier alpha value is -0.690. The van der Waals surface area contributed by atoms with Gasteiger partial charge in [0, 0.05) is 6.42 Å². The van der Waals surface area contributed by atoms with E-state index in [4.69, 9.17) is 34.8 Å². The highest BCUT2D eigenvalue weighted by Crippen LogP contribution is 2.31. The van der Waals surface area contributed by atoms with Gasteiger partial charge in [-0.3, -0.25) is 0 Å². The van der Waals surface area contributed by atoms with Crippen LogP contribution < -0.4 is 0 Å².